The third-order valence-electron chi connectivity index (χ3n) is 4.27. The summed E-state index contributed by atoms with van der Waals surface area (Å²) in [7, 11) is 0. The summed E-state index contributed by atoms with van der Waals surface area (Å²) in [6.07, 6.45) is -2.55. The molecule has 132 valence electrons. The number of rotatable bonds is 1. The van der Waals surface area contributed by atoms with Crippen LogP contribution in [0.4, 0.5) is 29.3 Å². The van der Waals surface area contributed by atoms with Gasteiger partial charge < -0.3 is 9.88 Å². The van der Waals surface area contributed by atoms with Crippen molar-refractivity contribution in [2.24, 2.45) is 0 Å². The molecule has 0 radical (unpaired) electrons. The van der Waals surface area contributed by atoms with Crippen LogP contribution in [0.5, 0.6) is 0 Å². The summed E-state index contributed by atoms with van der Waals surface area (Å²) < 4.78 is 40.6. The largest absolute Gasteiger partial charge is 0.416 e. The van der Waals surface area contributed by atoms with Gasteiger partial charge in [-0.1, -0.05) is 18.2 Å². The van der Waals surface area contributed by atoms with Crippen LogP contribution in [-0.4, -0.2) is 10.6 Å². The van der Waals surface area contributed by atoms with Crippen LogP contribution in [0, 0.1) is 0 Å². The van der Waals surface area contributed by atoms with Gasteiger partial charge in [-0.2, -0.15) is 13.2 Å². The number of halogens is 3. The number of urea groups is 1. The van der Waals surface area contributed by atoms with Gasteiger partial charge in [0.2, 0.25) is 0 Å². The fraction of sp³-hybridized carbons (Fsp3) is 0.105. The normalized spacial score (nSPS) is 13.1. The van der Waals surface area contributed by atoms with Gasteiger partial charge in [0.1, 0.15) is 0 Å². The SMILES string of the molecule is O=C(Nc1cccc(C(F)(F)F)c1)N1Cc2cccn2-c2ccccc21. The minimum atomic E-state index is -4.46. The Labute approximate surface area is 147 Å². The van der Waals surface area contributed by atoms with E-state index in [4.69, 9.17) is 0 Å². The summed E-state index contributed by atoms with van der Waals surface area (Å²) in [4.78, 5) is 14.3. The summed E-state index contributed by atoms with van der Waals surface area (Å²) in [6, 6.07) is 15.3. The monoisotopic (exact) mass is 357 g/mol. The van der Waals surface area contributed by atoms with E-state index >= 15 is 0 Å². The maximum absolute atomic E-state index is 12.9. The summed E-state index contributed by atoms with van der Waals surface area (Å²) in [6.45, 7) is 0.328. The Morgan fingerprint density at radius 2 is 1.73 bits per heavy atom. The molecule has 0 fully saturated rings. The molecule has 26 heavy (non-hydrogen) atoms. The van der Waals surface area contributed by atoms with E-state index in [9.17, 15) is 18.0 Å². The molecule has 0 bridgehead atoms. The average Bonchev–Trinajstić information content (AvgIpc) is 3.09. The molecular weight excluding hydrogens is 343 g/mol. The predicted molar refractivity (Wildman–Crippen MR) is 92.4 cm³/mol. The van der Waals surface area contributed by atoms with E-state index in [0.717, 1.165) is 23.5 Å². The van der Waals surface area contributed by atoms with E-state index in [1.165, 1.54) is 17.0 Å². The first-order valence-electron chi connectivity index (χ1n) is 7.95. The van der Waals surface area contributed by atoms with E-state index in [-0.39, 0.29) is 5.69 Å². The van der Waals surface area contributed by atoms with Gasteiger partial charge in [-0.3, -0.25) is 4.90 Å². The van der Waals surface area contributed by atoms with Gasteiger partial charge in [0.05, 0.1) is 23.5 Å². The Morgan fingerprint density at radius 1 is 0.962 bits per heavy atom. The fourth-order valence-electron chi connectivity index (χ4n) is 3.07. The molecule has 4 nitrogen and oxygen atoms in total. The van der Waals surface area contributed by atoms with Crippen LogP contribution in [0.1, 0.15) is 11.3 Å². The highest BCUT2D eigenvalue weighted by Gasteiger charge is 2.31. The molecule has 0 saturated heterocycles. The molecule has 1 N–H and O–H groups in total. The highest BCUT2D eigenvalue weighted by molar-refractivity contribution is 6.03. The van der Waals surface area contributed by atoms with Gasteiger partial charge in [0, 0.05) is 17.6 Å². The van der Waals surface area contributed by atoms with Gasteiger partial charge >= 0.3 is 12.2 Å². The number of hydrogen-bond acceptors (Lipinski definition) is 1. The van der Waals surface area contributed by atoms with Gasteiger partial charge in [-0.25, -0.2) is 4.79 Å². The van der Waals surface area contributed by atoms with E-state index in [2.05, 4.69) is 5.32 Å². The van der Waals surface area contributed by atoms with Crippen molar-refractivity contribution in [3.8, 4) is 5.69 Å². The average molecular weight is 357 g/mol. The van der Waals surface area contributed by atoms with Crippen LogP contribution in [0.2, 0.25) is 0 Å². The second kappa shape index (κ2) is 5.94. The lowest BCUT2D eigenvalue weighted by Crippen LogP contribution is -2.38. The summed E-state index contributed by atoms with van der Waals surface area (Å²) >= 11 is 0. The number of para-hydroxylation sites is 2. The molecular formula is C19H14F3N3O. The molecule has 4 rings (SSSR count). The molecule has 1 aliphatic rings. The standard InChI is InChI=1S/C19H14F3N3O/c20-19(21,22)13-5-3-6-14(11-13)23-18(26)25-12-15-7-4-10-24(15)16-8-1-2-9-17(16)25/h1-11H,12H2,(H,23,26). The lowest BCUT2D eigenvalue weighted by molar-refractivity contribution is -0.137. The highest BCUT2D eigenvalue weighted by Crippen LogP contribution is 2.33. The number of alkyl halides is 3. The van der Waals surface area contributed by atoms with Crippen molar-refractivity contribution in [1.29, 1.82) is 0 Å². The number of aromatic nitrogens is 1. The van der Waals surface area contributed by atoms with E-state index in [1.807, 2.05) is 47.2 Å². The first-order valence-corrected chi connectivity index (χ1v) is 7.95. The smallest absolute Gasteiger partial charge is 0.317 e. The Balaban J connectivity index is 1.64. The van der Waals surface area contributed by atoms with Gasteiger partial charge in [0.15, 0.2) is 0 Å². The number of nitrogens with zero attached hydrogens (tertiary/aromatic N) is 2. The molecule has 3 aromatic rings. The lowest BCUT2D eigenvalue weighted by Gasteiger charge is -2.31. The molecule has 1 aliphatic heterocycles. The summed E-state index contributed by atoms with van der Waals surface area (Å²) in [5.74, 6) is 0. The zero-order valence-electron chi connectivity index (χ0n) is 13.5. The van der Waals surface area contributed by atoms with E-state index in [1.54, 1.807) is 0 Å². The van der Waals surface area contributed by atoms with Gasteiger partial charge in [-0.05, 0) is 42.5 Å². The number of anilines is 2. The van der Waals surface area contributed by atoms with Gasteiger partial charge in [0.25, 0.3) is 0 Å². The molecule has 7 heteroatoms. The maximum Gasteiger partial charge on any atom is 0.416 e. The van der Waals surface area contributed by atoms with Crippen molar-refractivity contribution in [1.82, 2.24) is 4.57 Å². The summed E-state index contributed by atoms with van der Waals surface area (Å²) in [5.41, 5.74) is 1.76. The van der Waals surface area contributed by atoms with Crippen LogP contribution in [0.25, 0.3) is 5.69 Å². The van der Waals surface area contributed by atoms with E-state index < -0.39 is 17.8 Å². The first-order chi connectivity index (χ1) is 12.4. The van der Waals surface area contributed by atoms with Crippen LogP contribution >= 0.6 is 0 Å². The Bertz CT molecular complexity index is 978. The molecule has 0 aliphatic carbocycles. The van der Waals surface area contributed by atoms with Crippen molar-refractivity contribution in [3.63, 3.8) is 0 Å². The molecule has 0 saturated carbocycles. The fourth-order valence-corrected chi connectivity index (χ4v) is 3.07. The molecule has 0 atom stereocenters. The van der Waals surface area contributed by atoms with Crippen molar-refractivity contribution >= 4 is 17.4 Å². The highest BCUT2D eigenvalue weighted by atomic mass is 19.4. The molecule has 2 amide bonds. The van der Waals surface area contributed by atoms with Crippen molar-refractivity contribution in [2.75, 3.05) is 10.2 Å². The minimum Gasteiger partial charge on any atom is -0.317 e. The quantitative estimate of drug-likeness (QED) is 0.650. The number of amides is 2. The Kier molecular flexibility index (Phi) is 3.72. The minimum absolute atomic E-state index is 0.100. The number of hydrogen-bond donors (Lipinski definition) is 1. The van der Waals surface area contributed by atoms with Crippen molar-refractivity contribution in [3.05, 3.63) is 78.1 Å². The van der Waals surface area contributed by atoms with Crippen LogP contribution in [0.15, 0.2) is 66.9 Å². The molecule has 2 aromatic carbocycles. The maximum atomic E-state index is 12.9. The molecule has 0 spiro atoms. The number of benzene rings is 2. The van der Waals surface area contributed by atoms with Crippen LogP contribution in [0.3, 0.4) is 0 Å². The lowest BCUT2D eigenvalue weighted by atomic mass is 10.1. The summed E-state index contributed by atoms with van der Waals surface area (Å²) in [5, 5.41) is 2.57. The van der Waals surface area contributed by atoms with Crippen LogP contribution < -0.4 is 10.2 Å². The molecule has 1 aromatic heterocycles. The number of nitrogens with one attached hydrogen (secondary N) is 1. The predicted octanol–water partition coefficient (Wildman–Crippen LogP) is 5.05. The zero-order valence-corrected chi connectivity index (χ0v) is 13.5. The Hall–Kier alpha value is -3.22. The number of carbonyl (C=O) groups is 1. The van der Waals surface area contributed by atoms with Crippen LogP contribution in [-0.2, 0) is 12.7 Å². The first kappa shape index (κ1) is 16.3. The third-order valence-corrected chi connectivity index (χ3v) is 4.27. The van der Waals surface area contributed by atoms with E-state index in [0.29, 0.717) is 12.2 Å². The van der Waals surface area contributed by atoms with Crippen molar-refractivity contribution < 1.29 is 18.0 Å². The second-order valence-electron chi connectivity index (χ2n) is 5.95. The van der Waals surface area contributed by atoms with Gasteiger partial charge in [-0.15, -0.1) is 0 Å². The number of fused-ring (bicyclic) bond motifs is 3. The zero-order chi connectivity index (χ0) is 18.3. The molecule has 2 heterocycles. The second-order valence-corrected chi connectivity index (χ2v) is 5.95. The third kappa shape index (κ3) is 2.81. The van der Waals surface area contributed by atoms with Crippen molar-refractivity contribution in [2.45, 2.75) is 12.7 Å². The molecule has 0 unspecified atom stereocenters. The topological polar surface area (TPSA) is 37.3 Å². The Morgan fingerprint density at radius 3 is 2.50 bits per heavy atom. The number of carbonyl (C=O) groups excluding carboxylic acids is 1.